The first kappa shape index (κ1) is 12.9. The normalized spacial score (nSPS) is 11.2. The molecule has 0 unspecified atom stereocenters. The van der Waals surface area contributed by atoms with Gasteiger partial charge < -0.3 is 4.40 Å². The molecule has 0 aliphatic carbocycles. The Morgan fingerprint density at radius 1 is 0.900 bits per heavy atom. The van der Waals surface area contributed by atoms with Crippen LogP contribution in [0.15, 0.2) is 30.5 Å². The van der Waals surface area contributed by atoms with Gasteiger partial charge in [0.1, 0.15) is 5.65 Å². The second-order valence-corrected chi connectivity index (χ2v) is 5.66. The molecule has 0 N–H and O–H groups in total. The zero-order chi connectivity index (χ0) is 14.4. The van der Waals surface area contributed by atoms with Crippen molar-refractivity contribution in [3.05, 3.63) is 58.4 Å². The summed E-state index contributed by atoms with van der Waals surface area (Å²) in [6, 6.07) is 8.49. The predicted molar refractivity (Wildman–Crippen MR) is 84.3 cm³/mol. The van der Waals surface area contributed by atoms with Crippen LogP contribution in [0.4, 0.5) is 0 Å². The highest BCUT2D eigenvalue weighted by molar-refractivity contribution is 5.72. The number of hydrogen-bond acceptors (Lipinski definition) is 1. The summed E-state index contributed by atoms with van der Waals surface area (Å²) in [5.74, 6) is 0. The molecular weight excluding hydrogens is 244 g/mol. The lowest BCUT2D eigenvalue weighted by atomic mass is 9.93. The van der Waals surface area contributed by atoms with Crippen LogP contribution < -0.4 is 0 Å². The molecule has 2 heteroatoms. The summed E-state index contributed by atoms with van der Waals surface area (Å²) in [6.45, 7) is 10.8. The average Bonchev–Trinajstić information content (AvgIpc) is 2.82. The molecule has 0 amide bonds. The van der Waals surface area contributed by atoms with Crippen LogP contribution in [0.3, 0.4) is 0 Å². The third-order valence-electron chi connectivity index (χ3n) is 4.32. The third kappa shape index (κ3) is 1.83. The largest absolute Gasteiger partial charge is 0.304 e. The lowest BCUT2D eigenvalue weighted by Gasteiger charge is -2.13. The predicted octanol–water partition coefficient (Wildman–Crippen LogP) is 4.54. The van der Waals surface area contributed by atoms with Gasteiger partial charge in [0, 0.05) is 17.5 Å². The lowest BCUT2D eigenvalue weighted by Crippen LogP contribution is -1.95. The lowest BCUT2D eigenvalue weighted by molar-refractivity contribution is 1.09. The molecule has 102 valence electrons. The Bertz CT molecular complexity index is 784. The summed E-state index contributed by atoms with van der Waals surface area (Å²) in [6.07, 6.45) is 2.15. The number of imidazole rings is 1. The van der Waals surface area contributed by atoms with Crippen LogP contribution in [0.5, 0.6) is 0 Å². The summed E-state index contributed by atoms with van der Waals surface area (Å²) in [7, 11) is 0. The molecule has 2 nitrogen and oxygen atoms in total. The molecule has 0 saturated carbocycles. The van der Waals surface area contributed by atoms with Gasteiger partial charge in [0.25, 0.3) is 0 Å². The van der Waals surface area contributed by atoms with Crippen molar-refractivity contribution >= 4 is 5.65 Å². The Morgan fingerprint density at radius 2 is 1.55 bits per heavy atom. The molecule has 3 rings (SSSR count). The first-order valence-corrected chi connectivity index (χ1v) is 7.01. The number of nitrogens with zero attached hydrogens (tertiary/aromatic N) is 2. The second kappa shape index (κ2) is 4.48. The van der Waals surface area contributed by atoms with Gasteiger partial charge in [0.2, 0.25) is 0 Å². The van der Waals surface area contributed by atoms with E-state index in [2.05, 4.69) is 69.5 Å². The minimum atomic E-state index is 1.01. The van der Waals surface area contributed by atoms with E-state index in [1.165, 1.54) is 33.5 Å². The number of hydrogen-bond donors (Lipinski definition) is 0. The highest BCUT2D eigenvalue weighted by Crippen LogP contribution is 2.31. The van der Waals surface area contributed by atoms with E-state index in [1.807, 2.05) is 0 Å². The van der Waals surface area contributed by atoms with Crippen molar-refractivity contribution in [3.8, 4) is 11.3 Å². The summed E-state index contributed by atoms with van der Waals surface area (Å²) in [5, 5.41) is 0. The van der Waals surface area contributed by atoms with Crippen LogP contribution in [-0.2, 0) is 0 Å². The SMILES string of the molecule is Cc1cc(C)c(C)c(-c2cn3c(C)cccc3n2)c1C. The Morgan fingerprint density at radius 3 is 2.15 bits per heavy atom. The highest BCUT2D eigenvalue weighted by atomic mass is 15.0. The molecule has 2 heterocycles. The average molecular weight is 264 g/mol. The summed E-state index contributed by atoms with van der Waals surface area (Å²) in [4.78, 5) is 4.81. The van der Waals surface area contributed by atoms with E-state index in [-0.39, 0.29) is 0 Å². The molecule has 0 atom stereocenters. The third-order valence-corrected chi connectivity index (χ3v) is 4.32. The van der Waals surface area contributed by atoms with E-state index in [0.717, 1.165) is 11.3 Å². The zero-order valence-electron chi connectivity index (χ0n) is 12.8. The summed E-state index contributed by atoms with van der Waals surface area (Å²) < 4.78 is 2.16. The second-order valence-electron chi connectivity index (χ2n) is 5.66. The summed E-state index contributed by atoms with van der Waals surface area (Å²) >= 11 is 0. The Labute approximate surface area is 120 Å². The van der Waals surface area contributed by atoms with E-state index < -0.39 is 0 Å². The molecule has 0 bridgehead atoms. The zero-order valence-corrected chi connectivity index (χ0v) is 12.8. The van der Waals surface area contributed by atoms with Crippen molar-refractivity contribution < 1.29 is 0 Å². The van der Waals surface area contributed by atoms with Crippen LogP contribution in [-0.4, -0.2) is 9.38 Å². The molecule has 20 heavy (non-hydrogen) atoms. The molecule has 2 aromatic heterocycles. The molecular formula is C18H20N2. The maximum atomic E-state index is 4.81. The van der Waals surface area contributed by atoms with Crippen molar-refractivity contribution in [2.75, 3.05) is 0 Å². The van der Waals surface area contributed by atoms with E-state index in [9.17, 15) is 0 Å². The molecule has 0 saturated heterocycles. The number of aryl methyl sites for hydroxylation is 3. The van der Waals surface area contributed by atoms with E-state index in [1.54, 1.807) is 0 Å². The molecule has 0 aliphatic rings. The van der Waals surface area contributed by atoms with Crippen LogP contribution in [0, 0.1) is 34.6 Å². The van der Waals surface area contributed by atoms with Gasteiger partial charge in [0.05, 0.1) is 5.69 Å². The van der Waals surface area contributed by atoms with Crippen molar-refractivity contribution in [1.29, 1.82) is 0 Å². The molecule has 3 aromatic rings. The van der Waals surface area contributed by atoms with Crippen molar-refractivity contribution in [3.63, 3.8) is 0 Å². The van der Waals surface area contributed by atoms with Crippen molar-refractivity contribution in [2.24, 2.45) is 0 Å². The maximum Gasteiger partial charge on any atom is 0.137 e. The molecule has 0 radical (unpaired) electrons. The van der Waals surface area contributed by atoms with E-state index in [0.29, 0.717) is 0 Å². The number of pyridine rings is 1. The number of benzene rings is 1. The van der Waals surface area contributed by atoms with Gasteiger partial charge in [-0.2, -0.15) is 0 Å². The van der Waals surface area contributed by atoms with Crippen LogP contribution in [0.2, 0.25) is 0 Å². The van der Waals surface area contributed by atoms with Crippen LogP contribution in [0.1, 0.15) is 27.9 Å². The molecule has 0 spiro atoms. The Hall–Kier alpha value is -2.09. The van der Waals surface area contributed by atoms with Crippen molar-refractivity contribution in [2.45, 2.75) is 34.6 Å². The first-order chi connectivity index (χ1) is 9.49. The fourth-order valence-electron chi connectivity index (χ4n) is 2.87. The van der Waals surface area contributed by atoms with Gasteiger partial charge in [-0.1, -0.05) is 12.1 Å². The smallest absolute Gasteiger partial charge is 0.137 e. The fraction of sp³-hybridized carbons (Fsp3) is 0.278. The van der Waals surface area contributed by atoms with Gasteiger partial charge in [0.15, 0.2) is 0 Å². The van der Waals surface area contributed by atoms with E-state index >= 15 is 0 Å². The Kier molecular flexibility index (Phi) is 2.89. The van der Waals surface area contributed by atoms with Crippen LogP contribution in [0.25, 0.3) is 16.9 Å². The minimum Gasteiger partial charge on any atom is -0.304 e. The van der Waals surface area contributed by atoms with Gasteiger partial charge in [-0.05, 0) is 69.0 Å². The Balaban J connectivity index is 2.34. The number of fused-ring (bicyclic) bond motifs is 1. The van der Waals surface area contributed by atoms with Gasteiger partial charge in [-0.25, -0.2) is 4.98 Å². The highest BCUT2D eigenvalue weighted by Gasteiger charge is 2.13. The number of rotatable bonds is 1. The maximum absolute atomic E-state index is 4.81. The topological polar surface area (TPSA) is 17.3 Å². The van der Waals surface area contributed by atoms with Crippen LogP contribution >= 0.6 is 0 Å². The molecule has 1 aromatic carbocycles. The standard InChI is InChI=1S/C18H20N2/c1-11-9-12(2)15(5)18(14(11)4)16-10-20-13(3)7-6-8-17(20)19-16/h6-10H,1-5H3. The van der Waals surface area contributed by atoms with Gasteiger partial charge >= 0.3 is 0 Å². The fourth-order valence-corrected chi connectivity index (χ4v) is 2.87. The van der Waals surface area contributed by atoms with Crippen molar-refractivity contribution in [1.82, 2.24) is 9.38 Å². The minimum absolute atomic E-state index is 1.01. The molecule has 0 fully saturated rings. The quantitative estimate of drug-likeness (QED) is 0.630. The summed E-state index contributed by atoms with van der Waals surface area (Å²) in [5.41, 5.74) is 9.89. The van der Waals surface area contributed by atoms with Gasteiger partial charge in [-0.15, -0.1) is 0 Å². The van der Waals surface area contributed by atoms with E-state index in [4.69, 9.17) is 4.98 Å². The first-order valence-electron chi connectivity index (χ1n) is 7.01. The number of aromatic nitrogens is 2. The van der Waals surface area contributed by atoms with Gasteiger partial charge in [-0.3, -0.25) is 0 Å². The molecule has 0 aliphatic heterocycles. The monoisotopic (exact) mass is 264 g/mol.